The number of nitrogens with one attached hydrogen (secondary N) is 1. The minimum Gasteiger partial charge on any atom is -0.497 e. The molecule has 0 atom stereocenters. The van der Waals surface area contributed by atoms with Crippen molar-refractivity contribution in [3.8, 4) is 17.2 Å². The normalized spacial score (nSPS) is 10.4. The number of carbonyl (C=O) groups excluding carboxylic acids is 1. The number of ether oxygens (including phenoxy) is 3. The van der Waals surface area contributed by atoms with E-state index in [9.17, 15) is 9.59 Å². The lowest BCUT2D eigenvalue weighted by molar-refractivity contribution is 0.103. The molecule has 28 heavy (non-hydrogen) atoms. The van der Waals surface area contributed by atoms with E-state index in [2.05, 4.69) is 10.3 Å². The molecule has 0 saturated heterocycles. The maximum absolute atomic E-state index is 13.1. The lowest BCUT2D eigenvalue weighted by atomic mass is 10.0. The molecule has 2 aromatic carbocycles. The zero-order valence-corrected chi connectivity index (χ0v) is 15.5. The summed E-state index contributed by atoms with van der Waals surface area (Å²) in [7, 11) is 4.46. The van der Waals surface area contributed by atoms with Crippen LogP contribution in [0.2, 0.25) is 0 Å². The van der Waals surface area contributed by atoms with Crippen LogP contribution in [0.15, 0.2) is 42.6 Å². The molecule has 0 aliphatic heterocycles. The lowest BCUT2D eigenvalue weighted by Gasteiger charge is -2.14. The first-order valence-electron chi connectivity index (χ1n) is 8.22. The number of rotatable bonds is 6. The Hall–Kier alpha value is -3.81. The number of carboxylic acid groups (broad SMARTS) is 1. The number of hydrogen-bond acceptors (Lipinski definition) is 6. The summed E-state index contributed by atoms with van der Waals surface area (Å²) in [6.45, 7) is 0. The van der Waals surface area contributed by atoms with Crippen molar-refractivity contribution in [3.63, 3.8) is 0 Å². The second kappa shape index (κ2) is 7.83. The van der Waals surface area contributed by atoms with Gasteiger partial charge in [0.2, 0.25) is 5.78 Å². The summed E-state index contributed by atoms with van der Waals surface area (Å²) in [5, 5.41) is 12.3. The fourth-order valence-electron chi connectivity index (χ4n) is 2.86. The zero-order valence-electron chi connectivity index (χ0n) is 15.5. The van der Waals surface area contributed by atoms with Gasteiger partial charge in [-0.1, -0.05) is 12.1 Å². The SMILES string of the molecule is COc1cccc(C(=O)c2ncc(NC(=O)O)c3cc(OC)c(OC)cc23)c1. The van der Waals surface area contributed by atoms with Crippen molar-refractivity contribution in [1.82, 2.24) is 4.98 Å². The minimum atomic E-state index is -1.25. The fraction of sp³-hybridized carbons (Fsp3) is 0.150. The summed E-state index contributed by atoms with van der Waals surface area (Å²) in [6.07, 6.45) is 0.0558. The number of fused-ring (bicyclic) bond motifs is 1. The van der Waals surface area contributed by atoms with Crippen LogP contribution in [-0.2, 0) is 0 Å². The van der Waals surface area contributed by atoms with Crippen molar-refractivity contribution in [1.29, 1.82) is 0 Å². The summed E-state index contributed by atoms with van der Waals surface area (Å²) < 4.78 is 15.8. The Labute approximate surface area is 160 Å². The van der Waals surface area contributed by atoms with Crippen LogP contribution in [0.3, 0.4) is 0 Å². The van der Waals surface area contributed by atoms with Crippen LogP contribution < -0.4 is 19.5 Å². The Balaban J connectivity index is 2.24. The van der Waals surface area contributed by atoms with E-state index in [-0.39, 0.29) is 17.2 Å². The van der Waals surface area contributed by atoms with Gasteiger partial charge in [-0.15, -0.1) is 0 Å². The van der Waals surface area contributed by atoms with E-state index in [0.29, 0.717) is 33.6 Å². The average molecular weight is 382 g/mol. The summed E-state index contributed by atoms with van der Waals surface area (Å²) in [6, 6.07) is 9.90. The van der Waals surface area contributed by atoms with Crippen LogP contribution in [-0.4, -0.2) is 43.3 Å². The number of amides is 1. The Morgan fingerprint density at radius 1 is 0.964 bits per heavy atom. The third-order valence-corrected chi connectivity index (χ3v) is 4.18. The van der Waals surface area contributed by atoms with E-state index in [0.717, 1.165) is 0 Å². The molecule has 3 aromatic rings. The summed E-state index contributed by atoms with van der Waals surface area (Å²) in [5.41, 5.74) is 0.771. The Morgan fingerprint density at radius 3 is 2.25 bits per heavy atom. The molecule has 1 heterocycles. The first-order valence-corrected chi connectivity index (χ1v) is 8.22. The number of aromatic nitrogens is 1. The monoisotopic (exact) mass is 382 g/mol. The van der Waals surface area contributed by atoms with Gasteiger partial charge < -0.3 is 19.3 Å². The highest BCUT2D eigenvalue weighted by Gasteiger charge is 2.20. The van der Waals surface area contributed by atoms with E-state index in [1.54, 1.807) is 36.4 Å². The molecule has 2 N–H and O–H groups in total. The minimum absolute atomic E-state index is 0.153. The zero-order chi connectivity index (χ0) is 20.3. The van der Waals surface area contributed by atoms with E-state index in [4.69, 9.17) is 19.3 Å². The molecule has 8 heteroatoms. The van der Waals surface area contributed by atoms with Crippen LogP contribution in [0.1, 0.15) is 16.1 Å². The summed E-state index contributed by atoms with van der Waals surface area (Å²) in [4.78, 5) is 28.4. The molecule has 1 aromatic heterocycles. The van der Waals surface area contributed by atoms with E-state index in [1.165, 1.54) is 27.5 Å². The number of pyridine rings is 1. The highest BCUT2D eigenvalue weighted by atomic mass is 16.5. The van der Waals surface area contributed by atoms with E-state index >= 15 is 0 Å². The van der Waals surface area contributed by atoms with Gasteiger partial charge in [0.1, 0.15) is 11.4 Å². The molecule has 0 aliphatic carbocycles. The first kappa shape index (κ1) is 19.0. The molecule has 0 unspecified atom stereocenters. The number of ketones is 1. The molecule has 0 spiro atoms. The molecule has 0 saturated carbocycles. The number of nitrogens with zero attached hydrogens (tertiary/aromatic N) is 1. The van der Waals surface area contributed by atoms with Gasteiger partial charge in [0, 0.05) is 16.3 Å². The van der Waals surface area contributed by atoms with Gasteiger partial charge in [0.25, 0.3) is 0 Å². The predicted molar refractivity (Wildman–Crippen MR) is 103 cm³/mol. The van der Waals surface area contributed by atoms with Gasteiger partial charge in [0.15, 0.2) is 11.5 Å². The van der Waals surface area contributed by atoms with Crippen molar-refractivity contribution in [2.24, 2.45) is 0 Å². The number of anilines is 1. The smallest absolute Gasteiger partial charge is 0.409 e. The number of hydrogen-bond donors (Lipinski definition) is 2. The molecular formula is C20H18N2O6. The number of benzene rings is 2. The Kier molecular flexibility index (Phi) is 5.30. The van der Waals surface area contributed by atoms with Gasteiger partial charge in [-0.3, -0.25) is 10.1 Å². The number of carbonyl (C=O) groups is 2. The highest BCUT2D eigenvalue weighted by Crippen LogP contribution is 2.37. The van der Waals surface area contributed by atoms with Gasteiger partial charge >= 0.3 is 6.09 Å². The standard InChI is InChI=1S/C20H18N2O6/c1-26-12-6-4-5-11(7-12)19(23)18-14-9-17(28-3)16(27-2)8-13(14)15(10-21-18)22-20(24)25/h4-10,22H,1-3H3,(H,24,25). The average Bonchev–Trinajstić information content (AvgIpc) is 2.72. The molecule has 0 bridgehead atoms. The van der Waals surface area contributed by atoms with E-state index in [1.807, 2.05) is 0 Å². The largest absolute Gasteiger partial charge is 0.497 e. The maximum Gasteiger partial charge on any atom is 0.409 e. The third-order valence-electron chi connectivity index (χ3n) is 4.18. The van der Waals surface area contributed by atoms with Crippen molar-refractivity contribution in [2.45, 2.75) is 0 Å². The second-order valence-corrected chi connectivity index (χ2v) is 5.76. The fourth-order valence-corrected chi connectivity index (χ4v) is 2.86. The topological polar surface area (TPSA) is 107 Å². The third kappa shape index (κ3) is 3.52. The van der Waals surface area contributed by atoms with Crippen LogP contribution in [0.25, 0.3) is 10.8 Å². The van der Waals surface area contributed by atoms with Crippen molar-refractivity contribution < 1.29 is 28.9 Å². The summed E-state index contributed by atoms with van der Waals surface area (Å²) in [5.74, 6) is 0.995. The van der Waals surface area contributed by atoms with Crippen LogP contribution in [0.4, 0.5) is 10.5 Å². The molecular weight excluding hydrogens is 364 g/mol. The lowest BCUT2D eigenvalue weighted by Crippen LogP contribution is -2.11. The quantitative estimate of drug-likeness (QED) is 0.628. The van der Waals surface area contributed by atoms with Crippen molar-refractivity contribution >= 4 is 28.3 Å². The van der Waals surface area contributed by atoms with Crippen LogP contribution in [0, 0.1) is 0 Å². The predicted octanol–water partition coefficient (Wildman–Crippen LogP) is 3.58. The van der Waals surface area contributed by atoms with Crippen LogP contribution in [0.5, 0.6) is 17.2 Å². The Bertz CT molecular complexity index is 1060. The van der Waals surface area contributed by atoms with Gasteiger partial charge in [0.05, 0.1) is 33.2 Å². The second-order valence-electron chi connectivity index (χ2n) is 5.76. The molecule has 144 valence electrons. The molecule has 8 nitrogen and oxygen atoms in total. The van der Waals surface area contributed by atoms with Gasteiger partial charge in [-0.2, -0.15) is 0 Å². The molecule has 0 fully saturated rings. The van der Waals surface area contributed by atoms with Crippen molar-refractivity contribution in [3.05, 3.63) is 53.9 Å². The molecule has 0 radical (unpaired) electrons. The van der Waals surface area contributed by atoms with Gasteiger partial charge in [-0.25, -0.2) is 9.78 Å². The van der Waals surface area contributed by atoms with Crippen molar-refractivity contribution in [2.75, 3.05) is 26.6 Å². The maximum atomic E-state index is 13.1. The number of methoxy groups -OCH3 is 3. The molecule has 1 amide bonds. The first-order chi connectivity index (χ1) is 13.5. The highest BCUT2D eigenvalue weighted by molar-refractivity contribution is 6.17. The Morgan fingerprint density at radius 2 is 1.64 bits per heavy atom. The van der Waals surface area contributed by atoms with E-state index < -0.39 is 6.09 Å². The van der Waals surface area contributed by atoms with Crippen LogP contribution >= 0.6 is 0 Å². The molecule has 0 aliphatic rings. The molecule has 3 rings (SSSR count). The van der Waals surface area contributed by atoms with Gasteiger partial charge in [-0.05, 0) is 24.3 Å². The summed E-state index contributed by atoms with van der Waals surface area (Å²) >= 11 is 0.